The SMILES string of the molecule is CCCCCCC=CCC=CCC=CCC=CCC=CCC=CCC(=O)OC[C@H](COP(=O)(O)OCC[N+](C)(C)C)OC(=O)CC=CCC=CCC=CCC=CCC=CCCCCCCCCC. The van der Waals surface area contributed by atoms with Gasteiger partial charge in [-0.15, -0.1) is 0 Å². The van der Waals surface area contributed by atoms with Crippen LogP contribution in [0.1, 0.15) is 168 Å². The van der Waals surface area contributed by atoms with E-state index in [1.165, 1.54) is 83.5 Å². The van der Waals surface area contributed by atoms with Crippen LogP contribution in [0, 0.1) is 0 Å². The minimum Gasteiger partial charge on any atom is -0.461 e. The van der Waals surface area contributed by atoms with Crippen molar-refractivity contribution in [2.75, 3.05) is 47.5 Å². The largest absolute Gasteiger partial charge is 0.472 e. The fraction of sp³-hybridized carbons (Fsp3) is 0.586. The van der Waals surface area contributed by atoms with Crippen molar-refractivity contribution in [2.24, 2.45) is 0 Å². The lowest BCUT2D eigenvalue weighted by molar-refractivity contribution is -0.870. The summed E-state index contributed by atoms with van der Waals surface area (Å²) in [7, 11) is 1.35. The van der Waals surface area contributed by atoms with E-state index in [9.17, 15) is 19.0 Å². The number of unbranched alkanes of at least 4 members (excludes halogenated alkanes) is 11. The Labute approximate surface area is 415 Å². The first-order chi connectivity index (χ1) is 33.0. The third-order valence-electron chi connectivity index (χ3n) is 10.2. The van der Waals surface area contributed by atoms with Crippen LogP contribution >= 0.6 is 7.82 Å². The molecule has 0 rings (SSSR count). The molecule has 0 bridgehead atoms. The molecular weight excluding hydrogens is 870 g/mol. The van der Waals surface area contributed by atoms with Crippen LogP contribution in [0.4, 0.5) is 0 Å². The number of carbonyl (C=O) groups excluding carboxylic acids is 2. The predicted octanol–water partition coefficient (Wildman–Crippen LogP) is 15.8. The molecule has 10 heteroatoms. The minimum atomic E-state index is -4.44. The molecule has 68 heavy (non-hydrogen) atoms. The molecule has 2 atom stereocenters. The third kappa shape index (κ3) is 51.5. The van der Waals surface area contributed by atoms with Gasteiger partial charge in [0, 0.05) is 0 Å². The second kappa shape index (κ2) is 48.2. The van der Waals surface area contributed by atoms with Crippen LogP contribution in [-0.2, 0) is 32.7 Å². The van der Waals surface area contributed by atoms with Crippen molar-refractivity contribution >= 4 is 19.8 Å². The number of nitrogens with zero attached hydrogens (tertiary/aromatic N) is 1. The maximum Gasteiger partial charge on any atom is 0.472 e. The molecule has 0 aliphatic rings. The Morgan fingerprint density at radius 1 is 0.456 bits per heavy atom. The van der Waals surface area contributed by atoms with Crippen molar-refractivity contribution in [2.45, 2.75) is 174 Å². The summed E-state index contributed by atoms with van der Waals surface area (Å²) in [4.78, 5) is 35.4. The molecule has 0 aliphatic carbocycles. The highest BCUT2D eigenvalue weighted by Crippen LogP contribution is 2.43. The van der Waals surface area contributed by atoms with Gasteiger partial charge in [0.1, 0.15) is 19.8 Å². The van der Waals surface area contributed by atoms with E-state index in [1.54, 1.807) is 12.2 Å². The van der Waals surface area contributed by atoms with Crippen LogP contribution in [0.5, 0.6) is 0 Å². The Morgan fingerprint density at radius 3 is 1.19 bits per heavy atom. The van der Waals surface area contributed by atoms with Gasteiger partial charge in [-0.3, -0.25) is 18.6 Å². The number of hydrogen-bond acceptors (Lipinski definition) is 7. The fourth-order valence-electron chi connectivity index (χ4n) is 6.18. The van der Waals surface area contributed by atoms with Gasteiger partial charge in [0.05, 0.1) is 40.6 Å². The van der Waals surface area contributed by atoms with Crippen molar-refractivity contribution in [3.63, 3.8) is 0 Å². The van der Waals surface area contributed by atoms with E-state index >= 15 is 0 Å². The Morgan fingerprint density at radius 2 is 0.794 bits per heavy atom. The molecule has 0 aromatic carbocycles. The summed E-state index contributed by atoms with van der Waals surface area (Å²) in [5, 5.41) is 0. The molecule has 0 aromatic heterocycles. The van der Waals surface area contributed by atoms with E-state index < -0.39 is 32.5 Å². The van der Waals surface area contributed by atoms with E-state index in [2.05, 4.69) is 111 Å². The summed E-state index contributed by atoms with van der Waals surface area (Å²) in [6, 6.07) is 0. The summed E-state index contributed by atoms with van der Waals surface area (Å²) >= 11 is 0. The lowest BCUT2D eigenvalue weighted by Crippen LogP contribution is -2.37. The molecule has 0 fully saturated rings. The highest BCUT2D eigenvalue weighted by Gasteiger charge is 2.26. The average molecular weight is 965 g/mol. The number of likely N-dealkylation sites (N-methyl/N-ethyl adjacent to an activating group) is 1. The van der Waals surface area contributed by atoms with Crippen LogP contribution < -0.4 is 0 Å². The summed E-state index contributed by atoms with van der Waals surface area (Å²) < 4.78 is 34.1. The second-order valence-electron chi connectivity index (χ2n) is 17.9. The van der Waals surface area contributed by atoms with Gasteiger partial charge in [-0.1, -0.05) is 205 Å². The molecule has 0 spiro atoms. The molecule has 0 saturated carbocycles. The summed E-state index contributed by atoms with van der Waals surface area (Å²) in [5.74, 6) is -1.11. The van der Waals surface area contributed by atoms with Gasteiger partial charge in [0.15, 0.2) is 6.10 Å². The van der Waals surface area contributed by atoms with Gasteiger partial charge >= 0.3 is 19.8 Å². The molecule has 0 saturated heterocycles. The smallest absolute Gasteiger partial charge is 0.461 e. The summed E-state index contributed by atoms with van der Waals surface area (Å²) in [6.45, 7) is 4.15. The Bertz CT molecular complexity index is 1610. The number of phosphoric acid groups is 1. The van der Waals surface area contributed by atoms with Gasteiger partial charge in [-0.25, -0.2) is 4.57 Å². The Balaban J connectivity index is 4.57. The van der Waals surface area contributed by atoms with Gasteiger partial charge in [0.25, 0.3) is 0 Å². The number of rotatable bonds is 45. The number of hydrogen-bond donors (Lipinski definition) is 1. The Kier molecular flexibility index (Phi) is 45.5. The van der Waals surface area contributed by atoms with E-state index in [0.29, 0.717) is 23.9 Å². The molecule has 1 N–H and O–H groups in total. The van der Waals surface area contributed by atoms with E-state index in [1.807, 2.05) is 45.4 Å². The van der Waals surface area contributed by atoms with E-state index in [0.717, 1.165) is 44.9 Å². The number of ether oxygens (including phenoxy) is 2. The molecule has 0 heterocycles. The lowest BCUT2D eigenvalue weighted by Gasteiger charge is -2.24. The first-order valence-electron chi connectivity index (χ1n) is 25.9. The molecule has 0 amide bonds. The number of quaternary nitrogens is 1. The molecule has 0 aromatic rings. The molecule has 0 radical (unpaired) electrons. The van der Waals surface area contributed by atoms with E-state index in [-0.39, 0.29) is 26.1 Å². The minimum absolute atomic E-state index is 0.00675. The van der Waals surface area contributed by atoms with Gasteiger partial charge in [0.2, 0.25) is 0 Å². The molecular formula is C58H95NO8P+. The van der Waals surface area contributed by atoms with Gasteiger partial charge in [-0.2, -0.15) is 0 Å². The maximum absolute atomic E-state index is 12.7. The maximum atomic E-state index is 12.7. The Hall–Kier alpha value is -3.85. The second-order valence-corrected chi connectivity index (χ2v) is 19.3. The van der Waals surface area contributed by atoms with Crippen molar-refractivity contribution in [3.05, 3.63) is 134 Å². The first-order valence-corrected chi connectivity index (χ1v) is 27.4. The topological polar surface area (TPSA) is 108 Å². The molecule has 1 unspecified atom stereocenters. The van der Waals surface area contributed by atoms with Crippen molar-refractivity contribution in [1.82, 2.24) is 0 Å². The van der Waals surface area contributed by atoms with Crippen LogP contribution in [0.2, 0.25) is 0 Å². The van der Waals surface area contributed by atoms with Gasteiger partial charge < -0.3 is 18.9 Å². The van der Waals surface area contributed by atoms with Crippen LogP contribution in [0.3, 0.4) is 0 Å². The average Bonchev–Trinajstić information content (AvgIpc) is 3.30. The monoisotopic (exact) mass is 965 g/mol. The first kappa shape index (κ1) is 64.2. The van der Waals surface area contributed by atoms with Gasteiger partial charge in [-0.05, 0) is 83.5 Å². The van der Waals surface area contributed by atoms with Crippen LogP contribution in [0.15, 0.2) is 134 Å². The van der Waals surface area contributed by atoms with Crippen molar-refractivity contribution in [3.8, 4) is 0 Å². The van der Waals surface area contributed by atoms with E-state index in [4.69, 9.17) is 18.5 Å². The quantitative estimate of drug-likeness (QED) is 0.0211. The lowest BCUT2D eigenvalue weighted by atomic mass is 10.1. The molecule has 384 valence electrons. The third-order valence-corrected chi connectivity index (χ3v) is 11.2. The summed E-state index contributed by atoms with van der Waals surface area (Å²) in [6.07, 6.45) is 70.0. The zero-order chi connectivity index (χ0) is 49.9. The number of carbonyl (C=O) groups is 2. The van der Waals surface area contributed by atoms with Crippen LogP contribution in [0.25, 0.3) is 0 Å². The normalized spacial score (nSPS) is 14.5. The van der Waals surface area contributed by atoms with Crippen molar-refractivity contribution in [1.29, 1.82) is 0 Å². The zero-order valence-corrected chi connectivity index (χ0v) is 44.2. The standard InChI is InChI=1S/C58H94NO8P/c1-6-8-10-12-14-16-18-20-22-24-26-28-30-32-34-36-38-40-42-44-46-48-50-57(60)64-54-56(55-66-68(62,63)65-53-52-59(3,4)5)67-58(61)51-49-47-45-43-41-39-37-35-33-31-29-27-25-23-21-19-17-15-13-11-9-7-2/h16,18,22-25,28-31,34-37,40-43,46-49,56H,6-15,17,19-21,26-27,32-33,38-39,44-45,50-55H2,1-5H3/p+1/t56-/m1/s1. The van der Waals surface area contributed by atoms with Crippen molar-refractivity contribution < 1.29 is 42.1 Å². The fourth-order valence-corrected chi connectivity index (χ4v) is 6.92. The number of esters is 2. The number of phosphoric ester groups is 1. The highest BCUT2D eigenvalue weighted by molar-refractivity contribution is 7.47. The zero-order valence-electron chi connectivity index (χ0n) is 43.3. The molecule has 0 aliphatic heterocycles. The number of allylic oxidation sites excluding steroid dienone is 20. The highest BCUT2D eigenvalue weighted by atomic mass is 31.2. The summed E-state index contributed by atoms with van der Waals surface area (Å²) in [5.41, 5.74) is 0. The predicted molar refractivity (Wildman–Crippen MR) is 288 cm³/mol. The molecule has 9 nitrogen and oxygen atoms in total. The van der Waals surface area contributed by atoms with Crippen LogP contribution in [-0.4, -0.2) is 74.9 Å².